The molecule has 0 aromatic carbocycles. The predicted octanol–water partition coefficient (Wildman–Crippen LogP) is 2.08. The van der Waals surface area contributed by atoms with Crippen LogP contribution in [0, 0.1) is 0 Å². The summed E-state index contributed by atoms with van der Waals surface area (Å²) in [6, 6.07) is 6.89. The Hall–Kier alpha value is -1.50. The Kier molecular flexibility index (Phi) is 5.27. The molecular weight excluding hydrogens is 310 g/mol. The van der Waals surface area contributed by atoms with Crippen LogP contribution in [0.5, 0.6) is 0 Å². The summed E-state index contributed by atoms with van der Waals surface area (Å²) < 4.78 is 26.0. The van der Waals surface area contributed by atoms with Crippen molar-refractivity contribution >= 4 is 21.6 Å². The molecular formula is C14H16ClN3O2S. The van der Waals surface area contributed by atoms with Crippen LogP contribution in [0.15, 0.2) is 47.9 Å². The van der Waals surface area contributed by atoms with E-state index in [1.54, 1.807) is 25.5 Å². The molecule has 112 valence electrons. The van der Waals surface area contributed by atoms with Gasteiger partial charge >= 0.3 is 0 Å². The minimum atomic E-state index is -3.57. The first kappa shape index (κ1) is 15.9. The van der Waals surface area contributed by atoms with Gasteiger partial charge in [-0.1, -0.05) is 6.07 Å². The number of likely N-dealkylation sites (N-methyl/N-ethyl adjacent to an activating group) is 1. The van der Waals surface area contributed by atoms with E-state index in [0.29, 0.717) is 18.8 Å². The van der Waals surface area contributed by atoms with Gasteiger partial charge in [0.15, 0.2) is 5.03 Å². The number of rotatable bonds is 6. The number of hydrogen-bond acceptors (Lipinski definition) is 4. The van der Waals surface area contributed by atoms with E-state index in [9.17, 15) is 8.42 Å². The molecule has 0 unspecified atom stereocenters. The number of pyridine rings is 2. The molecule has 0 spiro atoms. The highest BCUT2D eigenvalue weighted by Crippen LogP contribution is 2.13. The molecule has 0 aliphatic carbocycles. The van der Waals surface area contributed by atoms with E-state index in [4.69, 9.17) is 11.6 Å². The van der Waals surface area contributed by atoms with Crippen LogP contribution in [0.25, 0.3) is 0 Å². The zero-order chi connectivity index (χ0) is 15.3. The number of sulfonamides is 1. The van der Waals surface area contributed by atoms with Gasteiger partial charge in [0.1, 0.15) is 0 Å². The average Bonchev–Trinajstić information content (AvgIpc) is 2.53. The topological polar surface area (TPSA) is 63.2 Å². The molecule has 0 amide bonds. The number of hydrogen-bond donors (Lipinski definition) is 0. The molecule has 0 fully saturated rings. The predicted molar refractivity (Wildman–Crippen MR) is 81.6 cm³/mol. The molecule has 0 atom stereocenters. The first-order valence-electron chi connectivity index (χ1n) is 6.40. The van der Waals surface area contributed by atoms with E-state index in [0.717, 1.165) is 11.1 Å². The first-order chi connectivity index (χ1) is 10.0. The summed E-state index contributed by atoms with van der Waals surface area (Å²) in [6.07, 6.45) is 5.49. The van der Waals surface area contributed by atoms with Gasteiger partial charge in [-0.3, -0.25) is 4.98 Å². The van der Waals surface area contributed by atoms with Crippen LogP contribution >= 0.6 is 11.6 Å². The van der Waals surface area contributed by atoms with Crippen molar-refractivity contribution < 1.29 is 8.42 Å². The zero-order valence-electron chi connectivity index (χ0n) is 11.6. The minimum Gasteiger partial charge on any atom is -0.265 e. The number of halogens is 1. The highest BCUT2D eigenvalue weighted by atomic mass is 35.5. The fourth-order valence-electron chi connectivity index (χ4n) is 1.76. The van der Waals surface area contributed by atoms with Crippen LogP contribution in [-0.4, -0.2) is 36.3 Å². The van der Waals surface area contributed by atoms with Gasteiger partial charge in [-0.05, 0) is 35.7 Å². The Morgan fingerprint density at radius 3 is 2.43 bits per heavy atom. The highest BCUT2D eigenvalue weighted by molar-refractivity contribution is 7.89. The quantitative estimate of drug-likeness (QED) is 0.763. The lowest BCUT2D eigenvalue weighted by Gasteiger charge is -2.16. The Balaban J connectivity index is 2.07. The summed E-state index contributed by atoms with van der Waals surface area (Å²) in [6.45, 7) is 0.380. The normalized spacial score (nSPS) is 11.8. The third-order valence-corrected chi connectivity index (χ3v) is 5.17. The second-order valence-electron chi connectivity index (χ2n) is 4.57. The van der Waals surface area contributed by atoms with Gasteiger partial charge in [-0.15, -0.1) is 11.6 Å². The number of nitrogens with zero attached hydrogens (tertiary/aromatic N) is 3. The largest absolute Gasteiger partial charge is 0.265 e. The fraction of sp³-hybridized carbons (Fsp3) is 0.286. The summed E-state index contributed by atoms with van der Waals surface area (Å²) in [5.41, 5.74) is 1.83. The van der Waals surface area contributed by atoms with Crippen LogP contribution in [0.2, 0.25) is 0 Å². The Morgan fingerprint density at radius 1 is 1.14 bits per heavy atom. The minimum absolute atomic E-state index is 0.0357. The molecule has 2 heterocycles. The third kappa shape index (κ3) is 4.00. The Bertz CT molecular complexity index is 675. The molecule has 0 bridgehead atoms. The van der Waals surface area contributed by atoms with Crippen molar-refractivity contribution in [3.05, 3.63) is 54.0 Å². The number of alkyl halides is 1. The van der Waals surface area contributed by atoms with Gasteiger partial charge in [0.05, 0.1) is 0 Å². The van der Waals surface area contributed by atoms with Gasteiger partial charge in [-0.25, -0.2) is 13.4 Å². The van der Waals surface area contributed by atoms with Gasteiger partial charge in [0.25, 0.3) is 10.0 Å². The van der Waals surface area contributed by atoms with E-state index >= 15 is 0 Å². The van der Waals surface area contributed by atoms with E-state index in [-0.39, 0.29) is 5.03 Å². The van der Waals surface area contributed by atoms with Gasteiger partial charge < -0.3 is 0 Å². The van der Waals surface area contributed by atoms with Crippen molar-refractivity contribution in [2.75, 3.05) is 13.6 Å². The van der Waals surface area contributed by atoms with Gasteiger partial charge in [0, 0.05) is 38.1 Å². The standard InChI is InChI=1S/C14H16ClN3O2S/c1-18(9-6-12-4-7-16-8-5-12)21(19,20)14-3-2-13(10-15)11-17-14/h2-5,7-8,11H,6,9-10H2,1H3. The van der Waals surface area contributed by atoms with Crippen molar-refractivity contribution in [2.45, 2.75) is 17.3 Å². The van der Waals surface area contributed by atoms with Crippen LogP contribution in [-0.2, 0) is 22.3 Å². The Labute approximate surface area is 129 Å². The molecule has 0 aliphatic rings. The molecule has 21 heavy (non-hydrogen) atoms. The zero-order valence-corrected chi connectivity index (χ0v) is 13.2. The van der Waals surface area contributed by atoms with Crippen molar-refractivity contribution in [3.63, 3.8) is 0 Å². The molecule has 0 N–H and O–H groups in total. The lowest BCUT2D eigenvalue weighted by atomic mass is 10.2. The van der Waals surface area contributed by atoms with E-state index in [1.807, 2.05) is 12.1 Å². The van der Waals surface area contributed by atoms with E-state index < -0.39 is 10.0 Å². The van der Waals surface area contributed by atoms with E-state index in [2.05, 4.69) is 9.97 Å². The van der Waals surface area contributed by atoms with Crippen LogP contribution in [0.4, 0.5) is 0 Å². The maximum absolute atomic E-state index is 12.4. The summed E-state index contributed by atoms with van der Waals surface area (Å²) in [7, 11) is -2.02. The molecule has 0 aliphatic heterocycles. The van der Waals surface area contributed by atoms with Crippen molar-refractivity contribution in [3.8, 4) is 0 Å². The SMILES string of the molecule is CN(CCc1ccncc1)S(=O)(=O)c1ccc(CCl)cn1. The second-order valence-corrected chi connectivity index (χ2v) is 6.83. The average molecular weight is 326 g/mol. The lowest BCUT2D eigenvalue weighted by Crippen LogP contribution is -2.29. The van der Waals surface area contributed by atoms with Crippen LogP contribution in [0.3, 0.4) is 0 Å². The van der Waals surface area contributed by atoms with Gasteiger partial charge in [-0.2, -0.15) is 4.31 Å². The molecule has 2 rings (SSSR count). The fourth-order valence-corrected chi connectivity index (χ4v) is 2.99. The summed E-state index contributed by atoms with van der Waals surface area (Å²) in [5.74, 6) is 0.311. The lowest BCUT2D eigenvalue weighted by molar-refractivity contribution is 0.469. The molecule has 0 saturated heterocycles. The van der Waals surface area contributed by atoms with Crippen LogP contribution < -0.4 is 0 Å². The third-order valence-electron chi connectivity index (χ3n) is 3.09. The van der Waals surface area contributed by atoms with Crippen molar-refractivity contribution in [1.29, 1.82) is 0 Å². The van der Waals surface area contributed by atoms with Crippen molar-refractivity contribution in [1.82, 2.24) is 14.3 Å². The molecule has 0 radical (unpaired) electrons. The molecule has 2 aromatic heterocycles. The highest BCUT2D eigenvalue weighted by Gasteiger charge is 2.21. The number of aromatic nitrogens is 2. The van der Waals surface area contributed by atoms with E-state index in [1.165, 1.54) is 16.6 Å². The van der Waals surface area contributed by atoms with Gasteiger partial charge in [0.2, 0.25) is 0 Å². The maximum atomic E-state index is 12.4. The van der Waals surface area contributed by atoms with Crippen LogP contribution in [0.1, 0.15) is 11.1 Å². The first-order valence-corrected chi connectivity index (χ1v) is 8.37. The smallest absolute Gasteiger partial charge is 0.260 e. The maximum Gasteiger partial charge on any atom is 0.260 e. The summed E-state index contributed by atoms with van der Waals surface area (Å²) in [4.78, 5) is 7.91. The molecule has 5 nitrogen and oxygen atoms in total. The monoisotopic (exact) mass is 325 g/mol. The molecule has 2 aromatic rings. The Morgan fingerprint density at radius 2 is 1.86 bits per heavy atom. The summed E-state index contributed by atoms with van der Waals surface area (Å²) in [5, 5.41) is 0.0357. The summed E-state index contributed by atoms with van der Waals surface area (Å²) >= 11 is 5.67. The van der Waals surface area contributed by atoms with Crippen molar-refractivity contribution in [2.24, 2.45) is 0 Å². The second kappa shape index (κ2) is 6.98. The molecule has 7 heteroatoms. The molecule has 0 saturated carbocycles.